The molecule has 1 aromatic rings. The summed E-state index contributed by atoms with van der Waals surface area (Å²) in [6.45, 7) is 0. The van der Waals surface area contributed by atoms with Gasteiger partial charge in [0.05, 0.1) is 0 Å². The van der Waals surface area contributed by atoms with Crippen molar-refractivity contribution in [2.45, 2.75) is 6.04 Å². The Hall–Kier alpha value is -1.49. The molecule has 0 aliphatic rings. The minimum atomic E-state index is -1.15. The van der Waals surface area contributed by atoms with Crippen molar-refractivity contribution >= 4 is 5.97 Å². The Morgan fingerprint density at radius 2 is 1.73 bits per heavy atom. The Morgan fingerprint density at radius 3 is 2.07 bits per heavy atom. The third kappa shape index (κ3) is 2.73. The number of aliphatic carboxylic acids is 1. The standard InChI is InChI=1S/C10H11F2NO2/c1-13(2)9(10(14)15)6-3-7(11)5-8(12)4-6/h3-5,9H,1-2H3,(H,14,15). The van der Waals surface area contributed by atoms with Crippen molar-refractivity contribution in [1.82, 2.24) is 4.90 Å². The van der Waals surface area contributed by atoms with Gasteiger partial charge in [-0.15, -0.1) is 0 Å². The second-order valence-corrected chi connectivity index (χ2v) is 3.41. The average Bonchev–Trinajstić information content (AvgIpc) is 1.99. The molecule has 15 heavy (non-hydrogen) atoms. The molecule has 0 amide bonds. The molecule has 1 aromatic carbocycles. The van der Waals surface area contributed by atoms with Crippen LogP contribution in [0.4, 0.5) is 8.78 Å². The fraction of sp³-hybridized carbons (Fsp3) is 0.300. The summed E-state index contributed by atoms with van der Waals surface area (Å²) in [5, 5.41) is 8.89. The van der Waals surface area contributed by atoms with Crippen molar-refractivity contribution in [1.29, 1.82) is 0 Å². The van der Waals surface area contributed by atoms with E-state index in [1.54, 1.807) is 0 Å². The van der Waals surface area contributed by atoms with Crippen LogP contribution < -0.4 is 0 Å². The molecular formula is C10H11F2NO2. The number of hydrogen-bond donors (Lipinski definition) is 1. The summed E-state index contributed by atoms with van der Waals surface area (Å²) in [6.07, 6.45) is 0. The van der Waals surface area contributed by atoms with Crippen molar-refractivity contribution in [3.05, 3.63) is 35.4 Å². The largest absolute Gasteiger partial charge is 0.480 e. The minimum absolute atomic E-state index is 0.0880. The van der Waals surface area contributed by atoms with Crippen LogP contribution in [0.3, 0.4) is 0 Å². The molecule has 1 unspecified atom stereocenters. The highest BCUT2D eigenvalue weighted by Crippen LogP contribution is 2.20. The highest BCUT2D eigenvalue weighted by molar-refractivity contribution is 5.75. The van der Waals surface area contributed by atoms with Crippen LogP contribution in [0.15, 0.2) is 18.2 Å². The zero-order valence-corrected chi connectivity index (χ0v) is 8.37. The first-order valence-corrected chi connectivity index (χ1v) is 4.27. The second kappa shape index (κ2) is 4.35. The lowest BCUT2D eigenvalue weighted by molar-refractivity contribution is -0.142. The fourth-order valence-electron chi connectivity index (χ4n) is 1.39. The molecule has 0 radical (unpaired) electrons. The SMILES string of the molecule is CN(C)C(C(=O)O)c1cc(F)cc(F)c1. The molecule has 5 heteroatoms. The highest BCUT2D eigenvalue weighted by Gasteiger charge is 2.23. The third-order valence-electron chi connectivity index (χ3n) is 1.95. The van der Waals surface area contributed by atoms with Gasteiger partial charge in [0.1, 0.15) is 17.7 Å². The van der Waals surface area contributed by atoms with Crippen molar-refractivity contribution in [3.63, 3.8) is 0 Å². The lowest BCUT2D eigenvalue weighted by Gasteiger charge is -2.20. The zero-order chi connectivity index (χ0) is 11.6. The number of likely N-dealkylation sites (N-methyl/N-ethyl adjacent to an activating group) is 1. The first-order chi connectivity index (χ1) is 6.91. The zero-order valence-electron chi connectivity index (χ0n) is 8.37. The molecule has 0 spiro atoms. The van der Waals surface area contributed by atoms with Gasteiger partial charge in [0.25, 0.3) is 0 Å². The maximum absolute atomic E-state index is 12.9. The van der Waals surface area contributed by atoms with Gasteiger partial charge in [-0.1, -0.05) is 0 Å². The molecule has 0 aliphatic carbocycles. The van der Waals surface area contributed by atoms with Gasteiger partial charge in [-0.3, -0.25) is 9.69 Å². The maximum atomic E-state index is 12.9. The van der Waals surface area contributed by atoms with Gasteiger partial charge in [0, 0.05) is 6.07 Å². The lowest BCUT2D eigenvalue weighted by atomic mass is 10.1. The summed E-state index contributed by atoms with van der Waals surface area (Å²) < 4.78 is 25.7. The van der Waals surface area contributed by atoms with E-state index in [0.29, 0.717) is 6.07 Å². The van der Waals surface area contributed by atoms with Crippen LogP contribution in [0.25, 0.3) is 0 Å². The van der Waals surface area contributed by atoms with Gasteiger partial charge in [-0.05, 0) is 31.8 Å². The van der Waals surface area contributed by atoms with Gasteiger partial charge in [-0.25, -0.2) is 8.78 Å². The van der Waals surface area contributed by atoms with Crippen LogP contribution in [0.2, 0.25) is 0 Å². The molecule has 0 fully saturated rings. The van der Waals surface area contributed by atoms with Gasteiger partial charge in [-0.2, -0.15) is 0 Å². The molecule has 3 nitrogen and oxygen atoms in total. The first-order valence-electron chi connectivity index (χ1n) is 4.27. The number of halogens is 2. The van der Waals surface area contributed by atoms with Crippen LogP contribution >= 0.6 is 0 Å². The molecule has 1 rings (SSSR count). The normalized spacial score (nSPS) is 12.9. The van der Waals surface area contributed by atoms with E-state index in [2.05, 4.69) is 0 Å². The van der Waals surface area contributed by atoms with E-state index in [9.17, 15) is 13.6 Å². The number of hydrogen-bond acceptors (Lipinski definition) is 2. The molecule has 82 valence electrons. The summed E-state index contributed by atoms with van der Waals surface area (Å²) in [5.74, 6) is -2.71. The number of benzene rings is 1. The molecule has 0 saturated heterocycles. The molecule has 0 aliphatic heterocycles. The Kier molecular flexibility index (Phi) is 3.36. The molecule has 0 heterocycles. The van der Waals surface area contributed by atoms with E-state index in [0.717, 1.165) is 12.1 Å². The summed E-state index contributed by atoms with van der Waals surface area (Å²) in [6, 6.07) is 1.69. The number of carboxylic acids is 1. The van der Waals surface area contributed by atoms with Crippen molar-refractivity contribution in [3.8, 4) is 0 Å². The quantitative estimate of drug-likeness (QED) is 0.833. The Bertz CT molecular complexity index is 359. The van der Waals surface area contributed by atoms with Crippen molar-refractivity contribution < 1.29 is 18.7 Å². The molecule has 1 N–H and O–H groups in total. The van der Waals surface area contributed by atoms with E-state index in [-0.39, 0.29) is 5.56 Å². The minimum Gasteiger partial charge on any atom is -0.480 e. The number of carboxylic acid groups (broad SMARTS) is 1. The number of rotatable bonds is 3. The van der Waals surface area contributed by atoms with E-state index < -0.39 is 23.6 Å². The Labute approximate surface area is 85.9 Å². The summed E-state index contributed by atoms with van der Waals surface area (Å²) in [7, 11) is 3.06. The summed E-state index contributed by atoms with van der Waals surface area (Å²) in [5.41, 5.74) is 0.0880. The smallest absolute Gasteiger partial charge is 0.325 e. The number of carbonyl (C=O) groups is 1. The van der Waals surface area contributed by atoms with Crippen LogP contribution in [-0.4, -0.2) is 30.1 Å². The average molecular weight is 215 g/mol. The summed E-state index contributed by atoms with van der Waals surface area (Å²) in [4.78, 5) is 12.2. The van der Waals surface area contributed by atoms with Crippen LogP contribution in [0, 0.1) is 11.6 Å². The fourth-order valence-corrected chi connectivity index (χ4v) is 1.39. The maximum Gasteiger partial charge on any atom is 0.325 e. The van der Waals surface area contributed by atoms with Gasteiger partial charge in [0.2, 0.25) is 0 Å². The second-order valence-electron chi connectivity index (χ2n) is 3.41. The van der Waals surface area contributed by atoms with E-state index in [1.165, 1.54) is 19.0 Å². The van der Waals surface area contributed by atoms with E-state index in [1.807, 2.05) is 0 Å². The van der Waals surface area contributed by atoms with Crippen molar-refractivity contribution in [2.75, 3.05) is 14.1 Å². The Morgan fingerprint density at radius 1 is 1.27 bits per heavy atom. The van der Waals surface area contributed by atoms with Crippen molar-refractivity contribution in [2.24, 2.45) is 0 Å². The Balaban J connectivity index is 3.17. The van der Waals surface area contributed by atoms with Crippen LogP contribution in [0.5, 0.6) is 0 Å². The topological polar surface area (TPSA) is 40.5 Å². The molecular weight excluding hydrogens is 204 g/mol. The molecule has 0 saturated carbocycles. The molecule has 1 atom stereocenters. The first kappa shape index (κ1) is 11.6. The predicted octanol–water partition coefficient (Wildman–Crippen LogP) is 1.65. The predicted molar refractivity (Wildman–Crippen MR) is 50.4 cm³/mol. The number of nitrogens with zero attached hydrogens (tertiary/aromatic N) is 1. The lowest BCUT2D eigenvalue weighted by Crippen LogP contribution is -2.27. The molecule has 0 aromatic heterocycles. The monoisotopic (exact) mass is 215 g/mol. The molecule has 0 bridgehead atoms. The van der Waals surface area contributed by atoms with Crippen LogP contribution in [-0.2, 0) is 4.79 Å². The highest BCUT2D eigenvalue weighted by atomic mass is 19.1. The van der Waals surface area contributed by atoms with Gasteiger partial charge in [0.15, 0.2) is 0 Å². The van der Waals surface area contributed by atoms with E-state index in [4.69, 9.17) is 5.11 Å². The summed E-state index contributed by atoms with van der Waals surface area (Å²) >= 11 is 0. The third-order valence-corrected chi connectivity index (χ3v) is 1.95. The van der Waals surface area contributed by atoms with E-state index >= 15 is 0 Å². The van der Waals surface area contributed by atoms with Crippen LogP contribution in [0.1, 0.15) is 11.6 Å². The van der Waals surface area contributed by atoms with Gasteiger partial charge < -0.3 is 5.11 Å². The van der Waals surface area contributed by atoms with Gasteiger partial charge >= 0.3 is 5.97 Å².